The van der Waals surface area contributed by atoms with Crippen LogP contribution in [0.1, 0.15) is 5.69 Å². The number of anilines is 3. The molecule has 0 aliphatic rings. The van der Waals surface area contributed by atoms with Gasteiger partial charge in [0.05, 0.1) is 11.9 Å². The van der Waals surface area contributed by atoms with Crippen LogP contribution < -0.4 is 10.6 Å². The van der Waals surface area contributed by atoms with Crippen LogP contribution in [0, 0.1) is 0 Å². The summed E-state index contributed by atoms with van der Waals surface area (Å²) in [5.41, 5.74) is -0.566. The van der Waals surface area contributed by atoms with Crippen molar-refractivity contribution in [3.8, 4) is 0 Å². The number of nitrogens with one attached hydrogen (secondary N) is 3. The van der Waals surface area contributed by atoms with E-state index < -0.39 is 11.9 Å². The Bertz CT molecular complexity index is 518. The summed E-state index contributed by atoms with van der Waals surface area (Å²) in [4.78, 5) is 7.26. The van der Waals surface area contributed by atoms with Crippen molar-refractivity contribution in [2.45, 2.75) is 6.18 Å². The van der Waals surface area contributed by atoms with Gasteiger partial charge in [0.15, 0.2) is 0 Å². The molecule has 2 aromatic rings. The van der Waals surface area contributed by atoms with E-state index in [1.807, 2.05) is 0 Å². The van der Waals surface area contributed by atoms with Gasteiger partial charge < -0.3 is 10.6 Å². The van der Waals surface area contributed by atoms with Crippen LogP contribution in [-0.4, -0.2) is 27.2 Å². The van der Waals surface area contributed by atoms with Crippen LogP contribution in [-0.2, 0) is 6.18 Å². The number of aromatic nitrogens is 4. The van der Waals surface area contributed by atoms with Gasteiger partial charge in [0, 0.05) is 7.05 Å². The average Bonchev–Trinajstić information content (AvgIpc) is 2.76. The molecule has 0 amide bonds. The van der Waals surface area contributed by atoms with Crippen LogP contribution in [0.3, 0.4) is 0 Å². The molecule has 2 heterocycles. The molecule has 6 nitrogen and oxygen atoms in total. The van der Waals surface area contributed by atoms with E-state index >= 15 is 0 Å². The Kier molecular flexibility index (Phi) is 3.04. The highest BCUT2D eigenvalue weighted by atomic mass is 19.4. The molecule has 0 aliphatic carbocycles. The summed E-state index contributed by atoms with van der Waals surface area (Å²) in [7, 11) is 1.65. The highest BCUT2D eigenvalue weighted by molar-refractivity contribution is 5.52. The molecule has 18 heavy (non-hydrogen) atoms. The van der Waals surface area contributed by atoms with Crippen LogP contribution in [0.2, 0.25) is 0 Å². The van der Waals surface area contributed by atoms with Crippen LogP contribution in [0.15, 0.2) is 18.3 Å². The maximum atomic E-state index is 12.3. The van der Waals surface area contributed by atoms with E-state index in [1.165, 1.54) is 6.07 Å². The lowest BCUT2D eigenvalue weighted by Gasteiger charge is -2.06. The number of halogens is 3. The van der Waals surface area contributed by atoms with Gasteiger partial charge in [-0.3, -0.25) is 0 Å². The average molecular weight is 258 g/mol. The van der Waals surface area contributed by atoms with Crippen molar-refractivity contribution in [3.05, 3.63) is 24.0 Å². The van der Waals surface area contributed by atoms with Crippen LogP contribution in [0.25, 0.3) is 0 Å². The Morgan fingerprint density at radius 3 is 2.56 bits per heavy atom. The molecule has 2 rings (SSSR count). The fraction of sp³-hybridized carbons (Fsp3) is 0.222. The number of rotatable bonds is 3. The number of nitrogens with zero attached hydrogens (tertiary/aromatic N) is 3. The molecule has 0 saturated carbocycles. The molecular weight excluding hydrogens is 249 g/mol. The SMILES string of the molecule is CNc1n[nH]c(Nc2ccc(C(F)(F)F)nc2)n1. The zero-order valence-electron chi connectivity index (χ0n) is 9.21. The minimum absolute atomic E-state index is 0.306. The molecule has 0 fully saturated rings. The van der Waals surface area contributed by atoms with Crippen LogP contribution >= 0.6 is 0 Å². The molecule has 0 radical (unpaired) electrons. The third-order valence-electron chi connectivity index (χ3n) is 2.03. The van der Waals surface area contributed by atoms with E-state index in [-0.39, 0.29) is 0 Å². The van der Waals surface area contributed by atoms with E-state index in [9.17, 15) is 13.2 Å². The highest BCUT2D eigenvalue weighted by Crippen LogP contribution is 2.28. The summed E-state index contributed by atoms with van der Waals surface area (Å²) < 4.78 is 36.8. The molecule has 9 heteroatoms. The summed E-state index contributed by atoms with van der Waals surface area (Å²) in [5.74, 6) is 0.679. The number of alkyl halides is 3. The van der Waals surface area contributed by atoms with Gasteiger partial charge in [0.25, 0.3) is 0 Å². The predicted octanol–water partition coefficient (Wildman–Crippen LogP) is 2.00. The Labute approximate surface area is 99.7 Å². The van der Waals surface area contributed by atoms with Gasteiger partial charge in [-0.05, 0) is 12.1 Å². The molecule has 0 spiro atoms. The first-order valence-corrected chi connectivity index (χ1v) is 4.89. The smallest absolute Gasteiger partial charge is 0.356 e. The number of hydrogen-bond acceptors (Lipinski definition) is 5. The lowest BCUT2D eigenvalue weighted by molar-refractivity contribution is -0.141. The third kappa shape index (κ3) is 2.67. The largest absolute Gasteiger partial charge is 0.433 e. The Morgan fingerprint density at radius 2 is 2.06 bits per heavy atom. The van der Waals surface area contributed by atoms with Gasteiger partial charge in [-0.2, -0.15) is 18.2 Å². The second-order valence-corrected chi connectivity index (χ2v) is 3.31. The van der Waals surface area contributed by atoms with E-state index in [0.717, 1.165) is 12.3 Å². The first-order chi connectivity index (χ1) is 8.49. The van der Waals surface area contributed by atoms with Gasteiger partial charge in [-0.1, -0.05) is 0 Å². The molecular formula is C9H9F3N6. The van der Waals surface area contributed by atoms with E-state index in [4.69, 9.17) is 0 Å². The second-order valence-electron chi connectivity index (χ2n) is 3.31. The zero-order chi connectivity index (χ0) is 13.2. The summed E-state index contributed by atoms with van der Waals surface area (Å²) >= 11 is 0. The van der Waals surface area contributed by atoms with E-state index in [1.54, 1.807) is 7.05 Å². The monoisotopic (exact) mass is 258 g/mol. The Hall–Kier alpha value is -2.32. The molecule has 3 N–H and O–H groups in total. The molecule has 0 saturated heterocycles. The minimum atomic E-state index is -4.44. The standard InChI is InChI=1S/C9H9F3N6/c1-13-7-16-8(18-17-7)15-5-2-3-6(14-4-5)9(10,11)12/h2-4H,1H3,(H3,13,15,16,17,18). The molecule has 96 valence electrons. The van der Waals surface area contributed by atoms with Crippen molar-refractivity contribution in [1.82, 2.24) is 20.2 Å². The van der Waals surface area contributed by atoms with Gasteiger partial charge >= 0.3 is 6.18 Å². The summed E-state index contributed by atoms with van der Waals surface area (Å²) in [6.45, 7) is 0. The maximum absolute atomic E-state index is 12.3. The van der Waals surface area contributed by atoms with Gasteiger partial charge in [0.2, 0.25) is 11.9 Å². The third-order valence-corrected chi connectivity index (χ3v) is 2.03. The topological polar surface area (TPSA) is 78.5 Å². The highest BCUT2D eigenvalue weighted by Gasteiger charge is 2.32. The molecule has 2 aromatic heterocycles. The first-order valence-electron chi connectivity index (χ1n) is 4.89. The maximum Gasteiger partial charge on any atom is 0.433 e. The lowest BCUT2D eigenvalue weighted by Crippen LogP contribution is -2.07. The van der Waals surface area contributed by atoms with Crippen molar-refractivity contribution in [2.75, 3.05) is 17.7 Å². The van der Waals surface area contributed by atoms with E-state index in [0.29, 0.717) is 17.6 Å². The fourth-order valence-electron chi connectivity index (χ4n) is 1.20. The molecule has 0 bridgehead atoms. The Balaban J connectivity index is 2.11. The summed E-state index contributed by atoms with van der Waals surface area (Å²) in [6, 6.07) is 2.15. The van der Waals surface area contributed by atoms with Gasteiger partial charge in [-0.25, -0.2) is 10.1 Å². The number of aromatic amines is 1. The first kappa shape index (κ1) is 12.1. The summed E-state index contributed by atoms with van der Waals surface area (Å²) in [6.07, 6.45) is -3.37. The lowest BCUT2D eigenvalue weighted by atomic mass is 10.3. The normalized spacial score (nSPS) is 11.3. The quantitative estimate of drug-likeness (QED) is 0.784. The second kappa shape index (κ2) is 4.51. The van der Waals surface area contributed by atoms with Gasteiger partial charge in [-0.15, -0.1) is 5.10 Å². The molecule has 0 unspecified atom stereocenters. The Morgan fingerprint density at radius 1 is 1.28 bits per heavy atom. The number of hydrogen-bond donors (Lipinski definition) is 3. The molecule has 0 aliphatic heterocycles. The van der Waals surface area contributed by atoms with Crippen molar-refractivity contribution in [1.29, 1.82) is 0 Å². The zero-order valence-corrected chi connectivity index (χ0v) is 9.21. The molecule has 0 aromatic carbocycles. The summed E-state index contributed by atoms with van der Waals surface area (Å²) in [5, 5.41) is 11.8. The van der Waals surface area contributed by atoms with Crippen molar-refractivity contribution < 1.29 is 13.2 Å². The van der Waals surface area contributed by atoms with Crippen LogP contribution in [0.5, 0.6) is 0 Å². The predicted molar refractivity (Wildman–Crippen MR) is 58.5 cm³/mol. The van der Waals surface area contributed by atoms with Crippen LogP contribution in [0.4, 0.5) is 30.8 Å². The number of H-pyrrole nitrogens is 1. The minimum Gasteiger partial charge on any atom is -0.356 e. The van der Waals surface area contributed by atoms with Crippen molar-refractivity contribution in [3.63, 3.8) is 0 Å². The van der Waals surface area contributed by atoms with Gasteiger partial charge in [0.1, 0.15) is 5.69 Å². The van der Waals surface area contributed by atoms with E-state index in [2.05, 4.69) is 30.8 Å². The number of pyridine rings is 1. The van der Waals surface area contributed by atoms with Crippen molar-refractivity contribution >= 4 is 17.6 Å². The van der Waals surface area contributed by atoms with Crippen molar-refractivity contribution in [2.24, 2.45) is 0 Å². The fourth-order valence-corrected chi connectivity index (χ4v) is 1.20. The molecule has 0 atom stereocenters.